The second kappa shape index (κ2) is 6.44. The Morgan fingerprint density at radius 1 is 0.850 bits per heavy atom. The molecule has 3 heteroatoms. The lowest BCUT2D eigenvalue weighted by atomic mass is 10.1. The first-order valence-corrected chi connectivity index (χ1v) is 7.66. The van der Waals surface area contributed by atoms with Crippen LogP contribution in [0.25, 0.3) is 11.1 Å². The molecule has 2 aromatic carbocycles. The molecule has 0 saturated carbocycles. The van der Waals surface area contributed by atoms with Gasteiger partial charge in [-0.25, -0.2) is 0 Å². The highest BCUT2D eigenvalue weighted by molar-refractivity contribution is 7.99. The molecule has 0 radical (unpaired) electrons. The fraction of sp³-hybridized carbons (Fsp3) is 0.118. The van der Waals surface area contributed by atoms with Gasteiger partial charge in [0, 0.05) is 22.4 Å². The molecule has 0 amide bonds. The third-order valence-electron chi connectivity index (χ3n) is 3.07. The van der Waals surface area contributed by atoms with Crippen LogP contribution in [0.2, 0.25) is 0 Å². The van der Waals surface area contributed by atoms with Gasteiger partial charge in [0.2, 0.25) is 0 Å². The molecule has 0 atom stereocenters. The molecule has 1 heterocycles. The lowest BCUT2D eigenvalue weighted by Gasteiger charge is -2.02. The summed E-state index contributed by atoms with van der Waals surface area (Å²) in [6.45, 7) is 0.923. The Balaban J connectivity index is 1.58. The van der Waals surface area contributed by atoms with Crippen molar-refractivity contribution in [3.05, 3.63) is 73.1 Å². The zero-order valence-electron chi connectivity index (χ0n) is 11.1. The Labute approximate surface area is 123 Å². The Morgan fingerprint density at radius 3 is 2.30 bits per heavy atom. The highest BCUT2D eigenvalue weighted by Gasteiger charge is 2.01. The zero-order valence-corrected chi connectivity index (χ0v) is 12.0. The summed E-state index contributed by atoms with van der Waals surface area (Å²) < 4.78 is 2.01. The number of benzene rings is 2. The summed E-state index contributed by atoms with van der Waals surface area (Å²) in [5.74, 6) is 1.03. The molecule has 0 spiro atoms. The summed E-state index contributed by atoms with van der Waals surface area (Å²) in [4.78, 5) is 1.31. The molecule has 0 bridgehead atoms. The largest absolute Gasteiger partial charge is 0.271 e. The first kappa shape index (κ1) is 13.0. The monoisotopic (exact) mass is 280 g/mol. The van der Waals surface area contributed by atoms with E-state index in [9.17, 15) is 0 Å². The number of nitrogens with zero attached hydrogens (tertiary/aromatic N) is 2. The van der Waals surface area contributed by atoms with Gasteiger partial charge in [0.15, 0.2) is 0 Å². The highest BCUT2D eigenvalue weighted by Crippen LogP contribution is 2.19. The number of rotatable bonds is 5. The van der Waals surface area contributed by atoms with Gasteiger partial charge >= 0.3 is 0 Å². The number of hydrogen-bond acceptors (Lipinski definition) is 2. The average Bonchev–Trinajstić information content (AvgIpc) is 2.98. The van der Waals surface area contributed by atoms with Crippen molar-refractivity contribution in [1.82, 2.24) is 9.78 Å². The second-order valence-electron chi connectivity index (χ2n) is 4.52. The van der Waals surface area contributed by atoms with Crippen molar-refractivity contribution < 1.29 is 0 Å². The van der Waals surface area contributed by atoms with Crippen molar-refractivity contribution >= 4 is 11.8 Å². The van der Waals surface area contributed by atoms with Crippen LogP contribution in [0.5, 0.6) is 0 Å². The molecular weight excluding hydrogens is 264 g/mol. The Morgan fingerprint density at radius 2 is 1.55 bits per heavy atom. The minimum atomic E-state index is 0.923. The SMILES string of the molecule is c1ccc(SCCn2cc(-c3ccccc3)cn2)cc1. The Kier molecular flexibility index (Phi) is 4.19. The molecule has 0 aliphatic carbocycles. The number of aromatic nitrogens is 2. The van der Waals surface area contributed by atoms with Crippen LogP contribution in [0.3, 0.4) is 0 Å². The van der Waals surface area contributed by atoms with Gasteiger partial charge in [0.1, 0.15) is 0 Å². The Hall–Kier alpha value is -2.00. The normalized spacial score (nSPS) is 10.6. The average molecular weight is 280 g/mol. The maximum absolute atomic E-state index is 4.43. The first-order chi connectivity index (χ1) is 9.92. The van der Waals surface area contributed by atoms with Gasteiger partial charge in [-0.3, -0.25) is 4.68 Å². The Bertz CT molecular complexity index is 647. The molecule has 100 valence electrons. The molecule has 0 fully saturated rings. The lowest BCUT2D eigenvalue weighted by Crippen LogP contribution is -2.00. The van der Waals surface area contributed by atoms with Crippen molar-refractivity contribution in [2.24, 2.45) is 0 Å². The topological polar surface area (TPSA) is 17.8 Å². The summed E-state index contributed by atoms with van der Waals surface area (Å²) in [5, 5.41) is 4.43. The third kappa shape index (κ3) is 3.31. The molecule has 0 unspecified atom stereocenters. The predicted octanol–water partition coefficient (Wildman–Crippen LogP) is 4.34. The second-order valence-corrected chi connectivity index (χ2v) is 5.69. The van der Waals surface area contributed by atoms with Gasteiger partial charge in [0.25, 0.3) is 0 Å². The fourth-order valence-electron chi connectivity index (χ4n) is 2.04. The van der Waals surface area contributed by atoms with Crippen LogP contribution in [-0.4, -0.2) is 15.5 Å². The number of thioether (sulfide) groups is 1. The van der Waals surface area contributed by atoms with Crippen LogP contribution in [-0.2, 0) is 6.54 Å². The van der Waals surface area contributed by atoms with E-state index in [4.69, 9.17) is 0 Å². The van der Waals surface area contributed by atoms with Crippen LogP contribution >= 0.6 is 11.8 Å². The molecule has 0 saturated heterocycles. The fourth-order valence-corrected chi connectivity index (χ4v) is 2.90. The van der Waals surface area contributed by atoms with Crippen molar-refractivity contribution in [2.45, 2.75) is 11.4 Å². The van der Waals surface area contributed by atoms with Crippen LogP contribution in [0.4, 0.5) is 0 Å². The summed E-state index contributed by atoms with van der Waals surface area (Å²) >= 11 is 1.86. The highest BCUT2D eigenvalue weighted by atomic mass is 32.2. The van der Waals surface area contributed by atoms with Crippen LogP contribution in [0, 0.1) is 0 Å². The smallest absolute Gasteiger partial charge is 0.0568 e. The van der Waals surface area contributed by atoms with E-state index in [0.29, 0.717) is 0 Å². The minimum absolute atomic E-state index is 0.923. The van der Waals surface area contributed by atoms with Gasteiger partial charge < -0.3 is 0 Å². The maximum Gasteiger partial charge on any atom is 0.0568 e. The standard InChI is InChI=1S/C17H16N2S/c1-3-7-15(8-4-1)16-13-18-19(14-16)11-12-20-17-9-5-2-6-10-17/h1-10,13-14H,11-12H2. The molecule has 0 N–H and O–H groups in total. The van der Waals surface area contributed by atoms with Gasteiger partial charge in [-0.05, 0) is 17.7 Å². The summed E-state index contributed by atoms with van der Waals surface area (Å²) in [6, 6.07) is 20.8. The summed E-state index contributed by atoms with van der Waals surface area (Å²) in [6.07, 6.45) is 4.05. The van der Waals surface area contributed by atoms with Gasteiger partial charge in [-0.1, -0.05) is 48.5 Å². The molecular formula is C17H16N2S. The summed E-state index contributed by atoms with van der Waals surface area (Å²) in [5.41, 5.74) is 2.39. The van der Waals surface area contributed by atoms with E-state index >= 15 is 0 Å². The number of aryl methyl sites for hydroxylation is 1. The molecule has 3 rings (SSSR count). The molecule has 0 aliphatic rings. The van der Waals surface area contributed by atoms with E-state index in [0.717, 1.165) is 12.3 Å². The first-order valence-electron chi connectivity index (χ1n) is 6.67. The van der Waals surface area contributed by atoms with Crippen molar-refractivity contribution in [3.8, 4) is 11.1 Å². The van der Waals surface area contributed by atoms with Crippen molar-refractivity contribution in [1.29, 1.82) is 0 Å². The predicted molar refractivity (Wildman–Crippen MR) is 84.8 cm³/mol. The summed E-state index contributed by atoms with van der Waals surface area (Å²) in [7, 11) is 0. The molecule has 20 heavy (non-hydrogen) atoms. The zero-order chi connectivity index (χ0) is 13.6. The molecule has 1 aromatic heterocycles. The van der Waals surface area contributed by atoms with Crippen molar-refractivity contribution in [3.63, 3.8) is 0 Å². The molecule has 3 aromatic rings. The minimum Gasteiger partial charge on any atom is -0.271 e. The van der Waals surface area contributed by atoms with Crippen LogP contribution in [0.15, 0.2) is 78.0 Å². The molecule has 2 nitrogen and oxygen atoms in total. The maximum atomic E-state index is 4.43. The van der Waals surface area contributed by atoms with Crippen LogP contribution in [0.1, 0.15) is 0 Å². The van der Waals surface area contributed by atoms with E-state index < -0.39 is 0 Å². The van der Waals surface area contributed by atoms with E-state index in [2.05, 4.69) is 59.8 Å². The molecule has 0 aliphatic heterocycles. The third-order valence-corrected chi connectivity index (χ3v) is 4.06. The van der Waals surface area contributed by atoms with Gasteiger partial charge in [0.05, 0.1) is 12.7 Å². The van der Waals surface area contributed by atoms with E-state index in [-0.39, 0.29) is 0 Å². The van der Waals surface area contributed by atoms with Crippen LogP contribution < -0.4 is 0 Å². The van der Waals surface area contributed by atoms with Gasteiger partial charge in [-0.2, -0.15) is 5.10 Å². The van der Waals surface area contributed by atoms with E-state index in [1.54, 1.807) is 0 Å². The quantitative estimate of drug-likeness (QED) is 0.647. The van der Waals surface area contributed by atoms with Gasteiger partial charge in [-0.15, -0.1) is 11.8 Å². The van der Waals surface area contributed by atoms with E-state index in [1.165, 1.54) is 16.0 Å². The van der Waals surface area contributed by atoms with Crippen molar-refractivity contribution in [2.75, 3.05) is 5.75 Å². The van der Waals surface area contributed by atoms with E-state index in [1.807, 2.05) is 34.8 Å². The lowest BCUT2D eigenvalue weighted by molar-refractivity contribution is 0.666. The number of hydrogen-bond donors (Lipinski definition) is 0.